The van der Waals surface area contributed by atoms with Crippen molar-refractivity contribution in [2.24, 2.45) is 0 Å². The predicted octanol–water partition coefficient (Wildman–Crippen LogP) is 11.8. The molecule has 9 rings (SSSR count). The van der Waals surface area contributed by atoms with Gasteiger partial charge in [0.2, 0.25) is 0 Å². The predicted molar refractivity (Wildman–Crippen MR) is 192 cm³/mol. The van der Waals surface area contributed by atoms with E-state index in [-0.39, 0.29) is 0 Å². The normalized spacial score (nSPS) is 13.2. The van der Waals surface area contributed by atoms with Gasteiger partial charge in [-0.1, -0.05) is 145 Å². The molecule has 0 atom stereocenters. The van der Waals surface area contributed by atoms with Crippen LogP contribution in [0.25, 0.3) is 33.4 Å². The van der Waals surface area contributed by atoms with Crippen LogP contribution in [-0.2, 0) is 5.41 Å². The van der Waals surface area contributed by atoms with Crippen molar-refractivity contribution in [3.8, 4) is 33.4 Å². The molecule has 46 heavy (non-hydrogen) atoms. The first kappa shape index (κ1) is 26.7. The number of anilines is 3. The van der Waals surface area contributed by atoms with E-state index in [1.807, 2.05) is 0 Å². The maximum absolute atomic E-state index is 2.44. The minimum Gasteiger partial charge on any atom is -0.310 e. The first-order valence-electron chi connectivity index (χ1n) is 16.1. The zero-order chi connectivity index (χ0) is 30.8. The Bertz CT molecular complexity index is 2160. The third-order valence-electron chi connectivity index (χ3n) is 10.0. The van der Waals surface area contributed by atoms with E-state index in [2.05, 4.69) is 183 Å². The van der Waals surface area contributed by atoms with Crippen LogP contribution in [0.15, 0.2) is 164 Å². The van der Waals surface area contributed by atoms with Crippen molar-refractivity contribution in [3.05, 3.63) is 197 Å². The minimum atomic E-state index is -0.500. The van der Waals surface area contributed by atoms with Crippen LogP contribution in [0.1, 0.15) is 33.4 Å². The first-order chi connectivity index (χ1) is 22.7. The molecule has 0 saturated heterocycles. The van der Waals surface area contributed by atoms with Crippen molar-refractivity contribution in [2.75, 3.05) is 4.90 Å². The van der Waals surface area contributed by atoms with E-state index in [1.165, 1.54) is 72.4 Å². The number of hydrogen-bond donors (Lipinski definition) is 0. The van der Waals surface area contributed by atoms with Crippen molar-refractivity contribution >= 4 is 17.1 Å². The average molecular weight is 588 g/mol. The highest BCUT2D eigenvalue weighted by molar-refractivity contribution is 6.01. The molecule has 0 unspecified atom stereocenters. The molecule has 0 bridgehead atoms. The van der Waals surface area contributed by atoms with E-state index in [0.717, 1.165) is 11.4 Å². The van der Waals surface area contributed by atoms with E-state index in [1.54, 1.807) is 0 Å². The largest absolute Gasteiger partial charge is 0.310 e. The number of nitrogens with zero attached hydrogens (tertiary/aromatic N) is 1. The van der Waals surface area contributed by atoms with Crippen molar-refractivity contribution in [3.63, 3.8) is 0 Å². The van der Waals surface area contributed by atoms with Gasteiger partial charge in [-0.05, 0) is 94.3 Å². The van der Waals surface area contributed by atoms with E-state index in [9.17, 15) is 0 Å². The average Bonchev–Trinajstić information content (AvgIpc) is 3.35. The maximum Gasteiger partial charge on any atom is 0.0726 e. The number of benzene rings is 7. The fourth-order valence-corrected chi connectivity index (χ4v) is 8.08. The van der Waals surface area contributed by atoms with Gasteiger partial charge in [0.1, 0.15) is 0 Å². The Balaban J connectivity index is 1.43. The monoisotopic (exact) mass is 587 g/mol. The molecule has 7 aromatic rings. The van der Waals surface area contributed by atoms with E-state index < -0.39 is 5.41 Å². The highest BCUT2D eigenvalue weighted by Gasteiger charge is 2.50. The van der Waals surface area contributed by atoms with Gasteiger partial charge in [-0.3, -0.25) is 0 Å². The summed E-state index contributed by atoms with van der Waals surface area (Å²) >= 11 is 0. The summed E-state index contributed by atoms with van der Waals surface area (Å²) in [6, 6.07) is 61.0. The van der Waals surface area contributed by atoms with Gasteiger partial charge in [0.15, 0.2) is 0 Å². The van der Waals surface area contributed by atoms with Crippen LogP contribution >= 0.6 is 0 Å². The molecule has 1 nitrogen and oxygen atoms in total. The van der Waals surface area contributed by atoms with Crippen LogP contribution in [0.5, 0.6) is 0 Å². The van der Waals surface area contributed by atoms with Gasteiger partial charge in [0.05, 0.1) is 11.1 Å². The molecule has 2 aliphatic rings. The highest BCUT2D eigenvalue weighted by atomic mass is 15.1. The second-order valence-electron chi connectivity index (χ2n) is 12.6. The van der Waals surface area contributed by atoms with Crippen LogP contribution < -0.4 is 4.90 Å². The van der Waals surface area contributed by atoms with E-state index in [4.69, 9.17) is 0 Å². The summed E-state index contributed by atoms with van der Waals surface area (Å²) in [5, 5.41) is 0. The van der Waals surface area contributed by atoms with Gasteiger partial charge in [-0.25, -0.2) is 0 Å². The summed E-state index contributed by atoms with van der Waals surface area (Å²) in [5.41, 5.74) is 18.5. The third-order valence-corrected chi connectivity index (χ3v) is 10.0. The lowest BCUT2D eigenvalue weighted by Gasteiger charge is -2.35. The molecule has 0 saturated carbocycles. The fraction of sp³-hybridized carbons (Fsp3) is 0.0667. The Morgan fingerprint density at radius 2 is 0.739 bits per heavy atom. The van der Waals surface area contributed by atoms with Gasteiger partial charge in [0, 0.05) is 16.9 Å². The highest BCUT2D eigenvalue weighted by Crippen LogP contribution is 2.63. The second-order valence-corrected chi connectivity index (χ2v) is 12.6. The van der Waals surface area contributed by atoms with Gasteiger partial charge in [-0.2, -0.15) is 0 Å². The maximum atomic E-state index is 2.44. The van der Waals surface area contributed by atoms with Crippen LogP contribution in [-0.4, -0.2) is 0 Å². The van der Waals surface area contributed by atoms with Crippen LogP contribution in [0.2, 0.25) is 0 Å². The second kappa shape index (κ2) is 10.2. The number of hydrogen-bond acceptors (Lipinski definition) is 1. The molecule has 218 valence electrons. The molecule has 0 N–H and O–H groups in total. The molecule has 1 spiro atoms. The lowest BCUT2D eigenvalue weighted by Crippen LogP contribution is -2.29. The molecular weight excluding hydrogens is 555 g/mol. The van der Waals surface area contributed by atoms with Crippen LogP contribution in [0.4, 0.5) is 17.1 Å². The lowest BCUT2D eigenvalue weighted by atomic mass is 9.66. The van der Waals surface area contributed by atoms with Gasteiger partial charge in [-0.15, -0.1) is 0 Å². The van der Waals surface area contributed by atoms with Gasteiger partial charge in [0.25, 0.3) is 0 Å². The zero-order valence-corrected chi connectivity index (χ0v) is 26.0. The van der Waals surface area contributed by atoms with Gasteiger partial charge < -0.3 is 4.90 Å². The molecule has 0 aromatic heterocycles. The molecule has 0 aliphatic heterocycles. The smallest absolute Gasteiger partial charge is 0.0726 e. The quantitative estimate of drug-likeness (QED) is 0.199. The molecule has 0 radical (unpaired) electrons. The fourth-order valence-electron chi connectivity index (χ4n) is 8.08. The molecule has 7 aromatic carbocycles. The van der Waals surface area contributed by atoms with Crippen LogP contribution in [0, 0.1) is 13.8 Å². The first-order valence-corrected chi connectivity index (χ1v) is 16.1. The Morgan fingerprint density at radius 3 is 1.24 bits per heavy atom. The van der Waals surface area contributed by atoms with Gasteiger partial charge >= 0.3 is 0 Å². The minimum absolute atomic E-state index is 0.500. The lowest BCUT2D eigenvalue weighted by molar-refractivity contribution is 0.775. The Morgan fingerprint density at radius 1 is 0.348 bits per heavy atom. The topological polar surface area (TPSA) is 3.24 Å². The molecule has 0 fully saturated rings. The number of rotatable bonds is 3. The molecule has 0 heterocycles. The summed E-state index contributed by atoms with van der Waals surface area (Å²) in [6.45, 7) is 4.30. The Hall–Kier alpha value is -5.66. The van der Waals surface area contributed by atoms with E-state index >= 15 is 0 Å². The molecule has 2 aliphatic carbocycles. The number of fused-ring (bicyclic) bond motifs is 12. The summed E-state index contributed by atoms with van der Waals surface area (Å²) < 4.78 is 0. The van der Waals surface area contributed by atoms with Crippen molar-refractivity contribution in [1.82, 2.24) is 0 Å². The van der Waals surface area contributed by atoms with E-state index in [0.29, 0.717) is 0 Å². The molecular formula is C45H33N. The van der Waals surface area contributed by atoms with Crippen molar-refractivity contribution < 1.29 is 0 Å². The summed E-state index contributed by atoms with van der Waals surface area (Å²) in [4.78, 5) is 2.44. The standard InChI is InChI=1S/C45H33N/c1-30-22-26-32(27-23-30)46(33-28-24-31(2)25-29-33)43-21-11-20-42-44(43)38-16-7-10-19-41(38)45(42)39-17-8-5-14-36(39)34-12-3-4-13-35(34)37-15-6-9-18-40(37)45/h3-29H,1-2H3. The summed E-state index contributed by atoms with van der Waals surface area (Å²) in [5.74, 6) is 0. The molecule has 1 heteroatoms. The molecule has 0 amide bonds. The third kappa shape index (κ3) is 3.69. The van der Waals surface area contributed by atoms with Crippen LogP contribution in [0.3, 0.4) is 0 Å². The van der Waals surface area contributed by atoms with Crippen molar-refractivity contribution in [2.45, 2.75) is 19.3 Å². The zero-order valence-electron chi connectivity index (χ0n) is 26.0. The Kier molecular flexibility index (Phi) is 5.92. The Labute approximate surface area is 271 Å². The summed E-state index contributed by atoms with van der Waals surface area (Å²) in [6.07, 6.45) is 0. The SMILES string of the molecule is Cc1ccc(N(c2ccc(C)cc2)c2cccc3c2-c2ccccc2C32c3ccccc3-c3ccccc3-c3ccccc32)cc1. The summed E-state index contributed by atoms with van der Waals surface area (Å²) in [7, 11) is 0. The number of aryl methyl sites for hydroxylation is 2. The van der Waals surface area contributed by atoms with Crippen molar-refractivity contribution in [1.29, 1.82) is 0 Å².